The molecule has 0 aromatic carbocycles. The summed E-state index contributed by atoms with van der Waals surface area (Å²) in [5, 5.41) is 8.89. The number of carbonyl (C=O) groups is 1. The second-order valence-electron chi connectivity index (χ2n) is 6.77. The van der Waals surface area contributed by atoms with E-state index in [1.54, 1.807) is 0 Å². The van der Waals surface area contributed by atoms with Gasteiger partial charge in [0.05, 0.1) is 0 Å². The molecule has 0 heterocycles. The second-order valence-corrected chi connectivity index (χ2v) is 6.77. The summed E-state index contributed by atoms with van der Waals surface area (Å²) in [7, 11) is 0. The summed E-state index contributed by atoms with van der Waals surface area (Å²) < 4.78 is 0. The highest BCUT2D eigenvalue weighted by molar-refractivity contribution is 5.67. The molecule has 0 aromatic heterocycles. The van der Waals surface area contributed by atoms with Gasteiger partial charge in [0.2, 0.25) is 0 Å². The highest BCUT2D eigenvalue weighted by Crippen LogP contribution is 2.22. The molecule has 2 heteroatoms. The molecule has 2 nitrogen and oxygen atoms in total. The lowest BCUT2D eigenvalue weighted by Crippen LogP contribution is -1.99. The number of carboxylic acid groups (broad SMARTS) is 1. The molecule has 1 atom stereocenters. The molecule has 21 heavy (non-hydrogen) atoms. The maximum atomic E-state index is 10.8. The van der Waals surface area contributed by atoms with Gasteiger partial charge in [0.25, 0.3) is 0 Å². The normalized spacial score (nSPS) is 23.7. The Balaban J connectivity index is 2.48. The summed E-state index contributed by atoms with van der Waals surface area (Å²) in [6.07, 6.45) is 19.4. The standard InChI is InChI=1S/C19H34O2/c1-17-12-10-8-6-4-2-3-5-7-9-11-13-18(16-17)14-15-19(20)21/h16-17H,2-15H2,1H3,(H,20,21)/t17-/m1/s1. The van der Waals surface area contributed by atoms with Crippen LogP contribution >= 0.6 is 0 Å². The van der Waals surface area contributed by atoms with Crippen LogP contribution in [-0.4, -0.2) is 11.1 Å². The molecule has 1 N–H and O–H groups in total. The number of aliphatic carboxylic acids is 1. The van der Waals surface area contributed by atoms with E-state index in [9.17, 15) is 4.79 Å². The molecular formula is C19H34O2. The van der Waals surface area contributed by atoms with Gasteiger partial charge in [-0.1, -0.05) is 76.4 Å². The van der Waals surface area contributed by atoms with Crippen LogP contribution < -0.4 is 0 Å². The van der Waals surface area contributed by atoms with Gasteiger partial charge in [0, 0.05) is 6.42 Å². The van der Waals surface area contributed by atoms with E-state index in [0.717, 1.165) is 12.8 Å². The number of hydrogen-bond acceptors (Lipinski definition) is 1. The molecule has 0 fully saturated rings. The first kappa shape index (κ1) is 18.3. The van der Waals surface area contributed by atoms with Gasteiger partial charge in [-0.15, -0.1) is 0 Å². The average Bonchev–Trinajstić information content (AvgIpc) is 2.45. The van der Waals surface area contributed by atoms with Gasteiger partial charge in [-0.2, -0.15) is 0 Å². The van der Waals surface area contributed by atoms with Crippen molar-refractivity contribution in [3.05, 3.63) is 11.6 Å². The summed E-state index contributed by atoms with van der Waals surface area (Å²) in [6, 6.07) is 0. The predicted molar refractivity (Wildman–Crippen MR) is 89.5 cm³/mol. The Bertz CT molecular complexity index is 307. The quantitative estimate of drug-likeness (QED) is 0.638. The van der Waals surface area contributed by atoms with Crippen LogP contribution in [0.3, 0.4) is 0 Å². The van der Waals surface area contributed by atoms with Crippen LogP contribution in [-0.2, 0) is 4.79 Å². The van der Waals surface area contributed by atoms with Gasteiger partial charge < -0.3 is 5.11 Å². The minimum Gasteiger partial charge on any atom is -0.481 e. The Labute approximate surface area is 131 Å². The lowest BCUT2D eigenvalue weighted by atomic mass is 9.95. The lowest BCUT2D eigenvalue weighted by molar-refractivity contribution is -0.136. The highest BCUT2D eigenvalue weighted by Gasteiger charge is 2.06. The molecule has 1 aliphatic carbocycles. The minimum atomic E-state index is -0.667. The zero-order chi connectivity index (χ0) is 15.3. The molecule has 0 bridgehead atoms. The first-order chi connectivity index (χ1) is 10.2. The van der Waals surface area contributed by atoms with Crippen molar-refractivity contribution in [1.82, 2.24) is 0 Å². The zero-order valence-corrected chi connectivity index (χ0v) is 13.9. The van der Waals surface area contributed by atoms with E-state index < -0.39 is 5.97 Å². The van der Waals surface area contributed by atoms with Gasteiger partial charge in [0.15, 0.2) is 0 Å². The highest BCUT2D eigenvalue weighted by atomic mass is 16.4. The number of hydrogen-bond donors (Lipinski definition) is 1. The first-order valence-corrected chi connectivity index (χ1v) is 9.10. The van der Waals surface area contributed by atoms with E-state index in [-0.39, 0.29) is 0 Å². The topological polar surface area (TPSA) is 37.3 Å². The molecular weight excluding hydrogens is 260 g/mol. The van der Waals surface area contributed by atoms with Crippen molar-refractivity contribution < 1.29 is 9.90 Å². The predicted octanol–water partition coefficient (Wildman–Crippen LogP) is 6.11. The Morgan fingerprint density at radius 1 is 1.00 bits per heavy atom. The Morgan fingerprint density at radius 2 is 1.52 bits per heavy atom. The zero-order valence-electron chi connectivity index (χ0n) is 13.9. The Morgan fingerprint density at radius 3 is 2.10 bits per heavy atom. The monoisotopic (exact) mass is 294 g/mol. The molecule has 0 amide bonds. The van der Waals surface area contributed by atoms with Crippen molar-refractivity contribution in [3.8, 4) is 0 Å². The summed E-state index contributed by atoms with van der Waals surface area (Å²) in [5.41, 5.74) is 1.39. The fourth-order valence-corrected chi connectivity index (χ4v) is 3.28. The van der Waals surface area contributed by atoms with Gasteiger partial charge in [0.1, 0.15) is 0 Å². The molecule has 1 rings (SSSR count). The molecule has 0 aliphatic heterocycles. The maximum absolute atomic E-state index is 10.8. The molecule has 0 saturated carbocycles. The fraction of sp³-hybridized carbons (Fsp3) is 0.842. The summed E-state index contributed by atoms with van der Waals surface area (Å²) in [6.45, 7) is 2.29. The van der Waals surface area contributed by atoms with Gasteiger partial charge in [-0.25, -0.2) is 0 Å². The smallest absolute Gasteiger partial charge is 0.303 e. The number of allylic oxidation sites excluding steroid dienone is 2. The van der Waals surface area contributed by atoms with E-state index in [1.165, 1.54) is 76.2 Å². The van der Waals surface area contributed by atoms with Gasteiger partial charge in [-0.3, -0.25) is 4.79 Å². The van der Waals surface area contributed by atoms with Crippen molar-refractivity contribution >= 4 is 5.97 Å². The van der Waals surface area contributed by atoms with E-state index >= 15 is 0 Å². The van der Waals surface area contributed by atoms with E-state index in [1.807, 2.05) is 0 Å². The Kier molecular flexibility index (Phi) is 10.3. The SMILES string of the molecule is C[C@H]1C=C(CCC(=O)O)CCCCCCCCCCCC1. The van der Waals surface area contributed by atoms with Crippen molar-refractivity contribution in [2.75, 3.05) is 0 Å². The third-order valence-electron chi connectivity index (χ3n) is 4.59. The molecule has 0 aromatic rings. The van der Waals surface area contributed by atoms with E-state index in [4.69, 9.17) is 5.11 Å². The summed E-state index contributed by atoms with van der Waals surface area (Å²) >= 11 is 0. The fourth-order valence-electron chi connectivity index (χ4n) is 3.28. The van der Waals surface area contributed by atoms with Crippen LogP contribution in [0.4, 0.5) is 0 Å². The molecule has 122 valence electrons. The number of rotatable bonds is 3. The third kappa shape index (κ3) is 10.6. The molecule has 0 spiro atoms. The average molecular weight is 294 g/mol. The first-order valence-electron chi connectivity index (χ1n) is 9.10. The number of carboxylic acids is 1. The minimum absolute atomic E-state index is 0.290. The van der Waals surface area contributed by atoms with Gasteiger partial charge in [-0.05, 0) is 31.6 Å². The summed E-state index contributed by atoms with van der Waals surface area (Å²) in [5.74, 6) is -0.0571. The van der Waals surface area contributed by atoms with Crippen molar-refractivity contribution in [1.29, 1.82) is 0 Å². The van der Waals surface area contributed by atoms with Crippen LogP contribution in [0.25, 0.3) is 0 Å². The molecule has 0 saturated heterocycles. The van der Waals surface area contributed by atoms with Crippen LogP contribution in [0.15, 0.2) is 11.6 Å². The second kappa shape index (κ2) is 11.8. The van der Waals surface area contributed by atoms with Crippen LogP contribution in [0.5, 0.6) is 0 Å². The summed E-state index contributed by atoms with van der Waals surface area (Å²) in [4.78, 5) is 10.8. The van der Waals surface area contributed by atoms with E-state index in [0.29, 0.717) is 12.3 Å². The van der Waals surface area contributed by atoms with Crippen molar-refractivity contribution in [3.63, 3.8) is 0 Å². The largest absolute Gasteiger partial charge is 0.481 e. The molecule has 1 aliphatic rings. The van der Waals surface area contributed by atoms with E-state index in [2.05, 4.69) is 13.0 Å². The maximum Gasteiger partial charge on any atom is 0.303 e. The third-order valence-corrected chi connectivity index (χ3v) is 4.59. The van der Waals surface area contributed by atoms with Crippen LogP contribution in [0.2, 0.25) is 0 Å². The lowest BCUT2D eigenvalue weighted by Gasteiger charge is -2.11. The molecule has 0 unspecified atom stereocenters. The van der Waals surface area contributed by atoms with Crippen molar-refractivity contribution in [2.45, 2.75) is 96.8 Å². The van der Waals surface area contributed by atoms with Gasteiger partial charge >= 0.3 is 5.97 Å². The van der Waals surface area contributed by atoms with Crippen molar-refractivity contribution in [2.24, 2.45) is 5.92 Å². The van der Waals surface area contributed by atoms with Crippen LogP contribution in [0, 0.1) is 5.92 Å². The van der Waals surface area contributed by atoms with Crippen LogP contribution in [0.1, 0.15) is 96.8 Å². The molecule has 0 radical (unpaired) electrons. The Hall–Kier alpha value is -0.790.